The van der Waals surface area contributed by atoms with Crippen LogP contribution in [0.25, 0.3) is 0 Å². The molecule has 0 atom stereocenters. The molecular weight excluding hydrogens is 322 g/mol. The number of aromatic nitrogens is 2. The van der Waals surface area contributed by atoms with Crippen molar-refractivity contribution in [1.82, 2.24) is 14.5 Å². The van der Waals surface area contributed by atoms with Crippen molar-refractivity contribution < 1.29 is 4.79 Å². The Morgan fingerprint density at radius 3 is 2.54 bits per heavy atom. The van der Waals surface area contributed by atoms with Crippen LogP contribution >= 0.6 is 11.8 Å². The first-order chi connectivity index (χ1) is 11.5. The maximum Gasteiger partial charge on any atom is 0.285 e. The lowest BCUT2D eigenvalue weighted by Crippen LogP contribution is -2.23. The lowest BCUT2D eigenvalue weighted by Gasteiger charge is -2.24. The summed E-state index contributed by atoms with van der Waals surface area (Å²) < 4.78 is 1.62. The molecule has 24 heavy (non-hydrogen) atoms. The first-order valence-corrected chi connectivity index (χ1v) is 8.89. The van der Waals surface area contributed by atoms with Crippen molar-refractivity contribution in [3.8, 4) is 0 Å². The van der Waals surface area contributed by atoms with E-state index in [9.17, 15) is 9.59 Å². The van der Waals surface area contributed by atoms with Gasteiger partial charge in [0.15, 0.2) is 0 Å². The molecule has 0 radical (unpaired) electrons. The van der Waals surface area contributed by atoms with Gasteiger partial charge in [0, 0.05) is 31.0 Å². The summed E-state index contributed by atoms with van der Waals surface area (Å²) in [5.41, 5.74) is 1.93. The highest BCUT2D eigenvalue weighted by Crippen LogP contribution is 2.34. The molecule has 1 saturated carbocycles. The van der Waals surface area contributed by atoms with Crippen LogP contribution in [0.1, 0.15) is 36.4 Å². The van der Waals surface area contributed by atoms with Gasteiger partial charge in [-0.25, -0.2) is 4.98 Å². The van der Waals surface area contributed by atoms with Crippen molar-refractivity contribution >= 4 is 17.0 Å². The van der Waals surface area contributed by atoms with E-state index in [0.29, 0.717) is 12.5 Å². The van der Waals surface area contributed by atoms with Gasteiger partial charge in [0.25, 0.3) is 10.8 Å². The molecule has 0 N–H and O–H groups in total. The van der Waals surface area contributed by atoms with Crippen molar-refractivity contribution in [2.75, 3.05) is 14.1 Å². The lowest BCUT2D eigenvalue weighted by atomic mass is 9.83. The van der Waals surface area contributed by atoms with Crippen LogP contribution in [0.3, 0.4) is 0 Å². The summed E-state index contributed by atoms with van der Waals surface area (Å²) in [5.74, 6) is 0.470. The molecule has 0 unspecified atom stereocenters. The molecule has 1 heterocycles. The summed E-state index contributed by atoms with van der Waals surface area (Å²) in [5, 5.41) is -0.00486. The van der Waals surface area contributed by atoms with Gasteiger partial charge in [0.1, 0.15) is 0 Å². The number of amides is 1. The molecule has 0 aliphatic heterocycles. The number of carbonyl (C=O) groups excluding carboxylic acids is 1. The molecule has 1 aromatic carbocycles. The van der Waals surface area contributed by atoms with E-state index in [1.54, 1.807) is 36.0 Å². The Bertz CT molecular complexity index is 780. The fourth-order valence-corrected chi connectivity index (χ4v) is 3.19. The molecule has 6 heteroatoms. The van der Waals surface area contributed by atoms with Crippen molar-refractivity contribution in [2.45, 2.75) is 36.6 Å². The van der Waals surface area contributed by atoms with E-state index in [2.05, 4.69) is 4.98 Å². The maximum atomic E-state index is 12.2. The average Bonchev–Trinajstić information content (AvgIpc) is 2.50. The van der Waals surface area contributed by atoms with Crippen molar-refractivity contribution in [1.29, 1.82) is 0 Å². The van der Waals surface area contributed by atoms with Crippen LogP contribution in [0.2, 0.25) is 0 Å². The largest absolute Gasteiger partial charge is 0.339 e. The summed E-state index contributed by atoms with van der Waals surface area (Å²) in [6.45, 7) is 0.489. The van der Waals surface area contributed by atoms with Gasteiger partial charge in [-0.05, 0) is 42.3 Å². The number of hydrogen-bond acceptors (Lipinski definition) is 4. The lowest BCUT2D eigenvalue weighted by molar-refractivity contribution is 0.241. The molecule has 2 aromatic rings. The van der Waals surface area contributed by atoms with Gasteiger partial charge in [-0.1, -0.05) is 18.6 Å². The zero-order chi connectivity index (χ0) is 17.1. The molecule has 0 spiro atoms. The van der Waals surface area contributed by atoms with Gasteiger partial charge in [0.2, 0.25) is 0 Å². The van der Waals surface area contributed by atoms with Crippen molar-refractivity contribution in [2.24, 2.45) is 0 Å². The summed E-state index contributed by atoms with van der Waals surface area (Å²) in [7, 11) is 3.47. The predicted octanol–water partition coefficient (Wildman–Crippen LogP) is 3.33. The molecule has 1 amide bonds. The zero-order valence-corrected chi connectivity index (χ0v) is 14.8. The maximum absolute atomic E-state index is 12.2. The standard InChI is InChI=1S/C18H21N3O2S/c1-20(2)18(23)24-15-8-6-13(7-9-15)11-21-12-19-16(10-17(21)22)14-4-3-5-14/h6-10,12,14H,3-5,11H2,1-2H3. The van der Waals surface area contributed by atoms with E-state index >= 15 is 0 Å². The van der Waals surface area contributed by atoms with Gasteiger partial charge in [-0.2, -0.15) is 0 Å². The molecule has 1 aromatic heterocycles. The molecule has 0 saturated heterocycles. The third kappa shape index (κ3) is 3.87. The van der Waals surface area contributed by atoms with Crippen LogP contribution in [-0.2, 0) is 6.54 Å². The Morgan fingerprint density at radius 2 is 2.00 bits per heavy atom. The molecular formula is C18H21N3O2S. The summed E-state index contributed by atoms with van der Waals surface area (Å²) in [6, 6.07) is 9.37. The predicted molar refractivity (Wildman–Crippen MR) is 95.6 cm³/mol. The average molecular weight is 343 g/mol. The Kier molecular flexibility index (Phi) is 5.04. The molecule has 0 bridgehead atoms. The second-order valence-electron chi connectivity index (χ2n) is 6.31. The fraction of sp³-hybridized carbons (Fsp3) is 0.389. The molecule has 1 aliphatic rings. The van der Waals surface area contributed by atoms with Crippen LogP contribution in [-0.4, -0.2) is 33.8 Å². The number of nitrogens with zero attached hydrogens (tertiary/aromatic N) is 3. The molecule has 1 fully saturated rings. The Hall–Kier alpha value is -2.08. The number of benzene rings is 1. The van der Waals surface area contributed by atoms with Gasteiger partial charge in [0.05, 0.1) is 18.6 Å². The minimum Gasteiger partial charge on any atom is -0.339 e. The Morgan fingerprint density at radius 1 is 1.29 bits per heavy atom. The zero-order valence-electron chi connectivity index (χ0n) is 13.9. The monoisotopic (exact) mass is 343 g/mol. The minimum atomic E-state index is -0.00635. The second-order valence-corrected chi connectivity index (χ2v) is 7.34. The van der Waals surface area contributed by atoms with Gasteiger partial charge < -0.3 is 4.90 Å². The van der Waals surface area contributed by atoms with E-state index in [0.717, 1.165) is 29.0 Å². The first kappa shape index (κ1) is 16.8. The van der Waals surface area contributed by atoms with Crippen LogP contribution in [0.5, 0.6) is 0 Å². The normalized spacial score (nSPS) is 14.2. The van der Waals surface area contributed by atoms with Gasteiger partial charge in [-0.15, -0.1) is 0 Å². The third-order valence-corrected chi connectivity index (χ3v) is 5.32. The number of carbonyl (C=O) groups is 1. The van der Waals surface area contributed by atoms with Crippen molar-refractivity contribution in [3.63, 3.8) is 0 Å². The van der Waals surface area contributed by atoms with Crippen molar-refractivity contribution in [3.05, 3.63) is 58.3 Å². The molecule has 126 valence electrons. The van der Waals surface area contributed by atoms with E-state index in [1.807, 2.05) is 24.3 Å². The molecule has 3 rings (SSSR count). The SMILES string of the molecule is CN(C)C(=O)Sc1ccc(Cn2cnc(C3CCC3)cc2=O)cc1. The van der Waals surface area contributed by atoms with E-state index < -0.39 is 0 Å². The first-order valence-electron chi connectivity index (χ1n) is 8.07. The van der Waals surface area contributed by atoms with Gasteiger partial charge in [-0.3, -0.25) is 14.2 Å². The molecule has 1 aliphatic carbocycles. The topological polar surface area (TPSA) is 55.2 Å². The highest BCUT2D eigenvalue weighted by Gasteiger charge is 2.21. The number of thioether (sulfide) groups is 1. The van der Waals surface area contributed by atoms with Crippen LogP contribution in [0.15, 0.2) is 46.3 Å². The fourth-order valence-electron chi connectivity index (χ4n) is 2.54. The smallest absolute Gasteiger partial charge is 0.285 e. The second kappa shape index (κ2) is 7.21. The van der Waals surface area contributed by atoms with E-state index in [-0.39, 0.29) is 10.8 Å². The number of hydrogen-bond donors (Lipinski definition) is 0. The van der Waals surface area contributed by atoms with Crippen LogP contribution in [0.4, 0.5) is 4.79 Å². The third-order valence-electron chi connectivity index (χ3n) is 4.27. The van der Waals surface area contributed by atoms with Crippen LogP contribution < -0.4 is 5.56 Å². The summed E-state index contributed by atoms with van der Waals surface area (Å²) in [4.78, 5) is 30.8. The highest BCUT2D eigenvalue weighted by atomic mass is 32.2. The van der Waals surface area contributed by atoms with Crippen LogP contribution in [0, 0.1) is 0 Å². The van der Waals surface area contributed by atoms with E-state index in [4.69, 9.17) is 0 Å². The van der Waals surface area contributed by atoms with Gasteiger partial charge >= 0.3 is 0 Å². The number of rotatable bonds is 4. The Labute approximate surface area is 145 Å². The summed E-state index contributed by atoms with van der Waals surface area (Å²) >= 11 is 1.19. The minimum absolute atomic E-state index is 0.00486. The Balaban J connectivity index is 1.67. The molecule has 5 nitrogen and oxygen atoms in total. The highest BCUT2D eigenvalue weighted by molar-refractivity contribution is 8.13. The quantitative estimate of drug-likeness (QED) is 0.799. The summed E-state index contributed by atoms with van der Waals surface area (Å²) in [6.07, 6.45) is 5.16. The van der Waals surface area contributed by atoms with E-state index in [1.165, 1.54) is 18.2 Å².